The van der Waals surface area contributed by atoms with Gasteiger partial charge in [0.25, 0.3) is 0 Å². The quantitative estimate of drug-likeness (QED) is 0.850. The van der Waals surface area contributed by atoms with Crippen molar-refractivity contribution < 1.29 is 9.18 Å². The maximum Gasteiger partial charge on any atom is 0.234 e. The van der Waals surface area contributed by atoms with Gasteiger partial charge < -0.3 is 11.1 Å². The van der Waals surface area contributed by atoms with E-state index >= 15 is 0 Å². The number of nitrogen functional groups attached to an aromatic ring is 1. The third-order valence-corrected chi connectivity index (χ3v) is 3.71. The Balaban J connectivity index is 1.93. The highest BCUT2D eigenvalue weighted by Gasteiger charge is 2.07. The van der Waals surface area contributed by atoms with E-state index in [9.17, 15) is 9.18 Å². The highest BCUT2D eigenvalue weighted by Crippen LogP contribution is 2.23. The van der Waals surface area contributed by atoms with Gasteiger partial charge in [0.2, 0.25) is 5.91 Å². The molecule has 104 valence electrons. The number of hydrogen-bond donors (Lipinski definition) is 2. The van der Waals surface area contributed by atoms with E-state index in [-0.39, 0.29) is 17.5 Å². The number of nitrogens with two attached hydrogens (primary N) is 1. The number of hydrogen-bond acceptors (Lipinski definition) is 4. The van der Waals surface area contributed by atoms with E-state index in [1.165, 1.54) is 24.0 Å². The van der Waals surface area contributed by atoms with Gasteiger partial charge in [0.1, 0.15) is 5.82 Å². The lowest BCUT2D eigenvalue weighted by Gasteiger charge is -2.07. The molecule has 0 bridgehead atoms. The number of aromatic nitrogens is 1. The number of anilines is 2. The van der Waals surface area contributed by atoms with Crippen molar-refractivity contribution in [1.29, 1.82) is 0 Å². The second-order valence-corrected chi connectivity index (χ2v) is 5.23. The topological polar surface area (TPSA) is 68.0 Å². The van der Waals surface area contributed by atoms with Crippen molar-refractivity contribution in [2.75, 3.05) is 16.8 Å². The standard InChI is InChI=1S/C14H14FN3OS/c1-9-2-3-10(6-11(9)15)18-14(19)8-20-13-4-5-17-7-12(13)16/h2-7H,8,16H2,1H3,(H,18,19). The highest BCUT2D eigenvalue weighted by molar-refractivity contribution is 8.00. The molecule has 20 heavy (non-hydrogen) atoms. The Kier molecular flexibility index (Phi) is 4.57. The van der Waals surface area contributed by atoms with Crippen LogP contribution in [0.2, 0.25) is 0 Å². The van der Waals surface area contributed by atoms with Crippen molar-refractivity contribution in [2.24, 2.45) is 0 Å². The van der Waals surface area contributed by atoms with Crippen LogP contribution in [0.25, 0.3) is 0 Å². The Hall–Kier alpha value is -2.08. The molecule has 0 saturated carbocycles. The normalized spacial score (nSPS) is 10.3. The molecule has 3 N–H and O–H groups in total. The SMILES string of the molecule is Cc1ccc(NC(=O)CSc2ccncc2N)cc1F. The molecule has 0 aliphatic rings. The fourth-order valence-corrected chi connectivity index (χ4v) is 2.27. The van der Waals surface area contributed by atoms with E-state index in [0.717, 1.165) is 4.90 Å². The summed E-state index contributed by atoms with van der Waals surface area (Å²) in [4.78, 5) is 16.5. The average Bonchev–Trinajstić information content (AvgIpc) is 2.42. The van der Waals surface area contributed by atoms with Gasteiger partial charge >= 0.3 is 0 Å². The van der Waals surface area contributed by atoms with Crippen LogP contribution in [0.5, 0.6) is 0 Å². The van der Waals surface area contributed by atoms with Crippen LogP contribution >= 0.6 is 11.8 Å². The van der Waals surface area contributed by atoms with Gasteiger partial charge in [-0.2, -0.15) is 0 Å². The summed E-state index contributed by atoms with van der Waals surface area (Å²) in [5, 5.41) is 2.64. The van der Waals surface area contributed by atoms with E-state index in [2.05, 4.69) is 10.3 Å². The fourth-order valence-electron chi connectivity index (χ4n) is 1.54. The average molecular weight is 291 g/mol. The van der Waals surface area contributed by atoms with Crippen molar-refractivity contribution in [2.45, 2.75) is 11.8 Å². The number of nitrogens with zero attached hydrogens (tertiary/aromatic N) is 1. The number of amides is 1. The maximum atomic E-state index is 13.4. The van der Waals surface area contributed by atoms with Gasteiger partial charge in [0.05, 0.1) is 17.6 Å². The van der Waals surface area contributed by atoms with Crippen molar-refractivity contribution >= 4 is 29.0 Å². The number of carbonyl (C=O) groups is 1. The minimum Gasteiger partial charge on any atom is -0.397 e. The Morgan fingerprint density at radius 2 is 2.25 bits per heavy atom. The molecular formula is C14H14FN3OS. The van der Waals surface area contributed by atoms with Crippen molar-refractivity contribution in [3.05, 3.63) is 48.0 Å². The summed E-state index contributed by atoms with van der Waals surface area (Å²) in [6.07, 6.45) is 3.15. The molecule has 0 spiro atoms. The van der Waals surface area contributed by atoms with Gasteiger partial charge in [-0.25, -0.2) is 4.39 Å². The lowest BCUT2D eigenvalue weighted by molar-refractivity contribution is -0.113. The predicted molar refractivity (Wildman–Crippen MR) is 79.1 cm³/mol. The van der Waals surface area contributed by atoms with Gasteiger partial charge in [-0.05, 0) is 30.7 Å². The third-order valence-electron chi connectivity index (χ3n) is 2.62. The number of carbonyl (C=O) groups excluding carboxylic acids is 1. The molecule has 1 amide bonds. The smallest absolute Gasteiger partial charge is 0.234 e. The fraction of sp³-hybridized carbons (Fsp3) is 0.143. The lowest BCUT2D eigenvalue weighted by Crippen LogP contribution is -2.14. The molecule has 4 nitrogen and oxygen atoms in total. The van der Waals surface area contributed by atoms with E-state index < -0.39 is 0 Å². The van der Waals surface area contributed by atoms with Crippen molar-refractivity contribution in [3.8, 4) is 0 Å². The van der Waals surface area contributed by atoms with Crippen molar-refractivity contribution in [1.82, 2.24) is 4.98 Å². The van der Waals surface area contributed by atoms with Gasteiger partial charge in [0, 0.05) is 16.8 Å². The monoisotopic (exact) mass is 291 g/mol. The second kappa shape index (κ2) is 6.38. The van der Waals surface area contributed by atoms with Gasteiger partial charge in [0.15, 0.2) is 0 Å². The van der Waals surface area contributed by atoms with Crippen LogP contribution in [0, 0.1) is 12.7 Å². The Morgan fingerprint density at radius 1 is 1.45 bits per heavy atom. The van der Waals surface area contributed by atoms with Gasteiger partial charge in [-0.15, -0.1) is 11.8 Å². The molecule has 0 aliphatic carbocycles. The first kappa shape index (κ1) is 14.3. The van der Waals surface area contributed by atoms with Crippen LogP contribution in [-0.2, 0) is 4.79 Å². The van der Waals surface area contributed by atoms with Crippen LogP contribution in [0.3, 0.4) is 0 Å². The zero-order valence-electron chi connectivity index (χ0n) is 10.9. The molecule has 1 aromatic heterocycles. The minimum atomic E-state index is -0.339. The molecule has 2 aromatic rings. The first-order chi connectivity index (χ1) is 9.56. The molecule has 2 rings (SSSR count). The van der Waals surface area contributed by atoms with E-state index in [1.807, 2.05) is 0 Å². The van der Waals surface area contributed by atoms with E-state index in [4.69, 9.17) is 5.73 Å². The van der Waals surface area contributed by atoms with E-state index in [0.29, 0.717) is 16.9 Å². The number of benzene rings is 1. The van der Waals surface area contributed by atoms with Gasteiger partial charge in [-0.1, -0.05) is 6.07 Å². The number of nitrogens with one attached hydrogen (secondary N) is 1. The lowest BCUT2D eigenvalue weighted by atomic mass is 10.2. The zero-order valence-corrected chi connectivity index (χ0v) is 11.7. The molecule has 0 atom stereocenters. The highest BCUT2D eigenvalue weighted by atomic mass is 32.2. The molecule has 1 aromatic carbocycles. The molecular weight excluding hydrogens is 277 g/mol. The van der Waals surface area contributed by atoms with Crippen LogP contribution in [0.15, 0.2) is 41.6 Å². The Morgan fingerprint density at radius 3 is 2.95 bits per heavy atom. The van der Waals surface area contributed by atoms with Gasteiger partial charge in [-0.3, -0.25) is 9.78 Å². The number of thioether (sulfide) groups is 1. The summed E-state index contributed by atoms with van der Waals surface area (Å²) in [7, 11) is 0. The first-order valence-corrected chi connectivity index (χ1v) is 6.93. The van der Waals surface area contributed by atoms with Crippen LogP contribution in [0.4, 0.5) is 15.8 Å². The summed E-state index contributed by atoms with van der Waals surface area (Å²) in [5.74, 6) is -0.354. The minimum absolute atomic E-state index is 0.198. The number of halogens is 1. The Bertz CT molecular complexity index is 634. The summed E-state index contributed by atoms with van der Waals surface area (Å²) >= 11 is 1.31. The number of rotatable bonds is 4. The maximum absolute atomic E-state index is 13.4. The molecule has 0 fully saturated rings. The van der Waals surface area contributed by atoms with Crippen molar-refractivity contribution in [3.63, 3.8) is 0 Å². The van der Waals surface area contributed by atoms with Crippen LogP contribution in [0.1, 0.15) is 5.56 Å². The molecule has 0 saturated heterocycles. The van der Waals surface area contributed by atoms with Crippen LogP contribution < -0.4 is 11.1 Å². The van der Waals surface area contributed by atoms with Crippen LogP contribution in [-0.4, -0.2) is 16.6 Å². The summed E-state index contributed by atoms with van der Waals surface area (Å²) in [6.45, 7) is 1.67. The molecule has 1 heterocycles. The van der Waals surface area contributed by atoms with E-state index in [1.54, 1.807) is 31.3 Å². The first-order valence-electron chi connectivity index (χ1n) is 5.94. The molecule has 0 aliphatic heterocycles. The zero-order chi connectivity index (χ0) is 14.5. The molecule has 0 unspecified atom stereocenters. The summed E-state index contributed by atoms with van der Waals surface area (Å²) < 4.78 is 13.4. The Labute approximate surface area is 120 Å². The summed E-state index contributed by atoms with van der Waals surface area (Å²) in [5.41, 5.74) is 7.25. The third kappa shape index (κ3) is 3.71. The predicted octanol–water partition coefficient (Wildman–Crippen LogP) is 2.84. The number of aryl methyl sites for hydroxylation is 1. The second-order valence-electron chi connectivity index (χ2n) is 4.21. The number of pyridine rings is 1. The summed E-state index contributed by atoms with van der Waals surface area (Å²) in [6, 6.07) is 6.35. The molecule has 6 heteroatoms. The largest absolute Gasteiger partial charge is 0.397 e. The molecule has 0 radical (unpaired) electrons.